The van der Waals surface area contributed by atoms with E-state index >= 15 is 0 Å². The van der Waals surface area contributed by atoms with E-state index in [4.69, 9.17) is 11.6 Å². The quantitative estimate of drug-likeness (QED) is 0.708. The zero-order valence-corrected chi connectivity index (χ0v) is 13.8. The topological polar surface area (TPSA) is 17.0 Å². The van der Waals surface area contributed by atoms with Gasteiger partial charge in [-0.15, -0.1) is 11.3 Å². The molecule has 2 aromatic heterocycles. The number of hydrogen-bond acceptors (Lipinski definition) is 2. The van der Waals surface area contributed by atoms with Gasteiger partial charge in [0.15, 0.2) is 0 Å². The number of nitrogens with one attached hydrogen (secondary N) is 1. The van der Waals surface area contributed by atoms with Gasteiger partial charge >= 0.3 is 0 Å². The van der Waals surface area contributed by atoms with E-state index in [9.17, 15) is 0 Å². The predicted molar refractivity (Wildman–Crippen MR) is 92.3 cm³/mol. The molecule has 110 valence electrons. The zero-order valence-electron chi connectivity index (χ0n) is 12.3. The number of aromatic nitrogens is 1. The number of fused-ring (bicyclic) bond motifs is 1. The molecule has 0 saturated heterocycles. The van der Waals surface area contributed by atoms with Crippen LogP contribution in [0.5, 0.6) is 0 Å². The zero-order chi connectivity index (χ0) is 14.8. The second-order valence-corrected chi connectivity index (χ2v) is 7.38. The number of benzene rings is 1. The van der Waals surface area contributed by atoms with Gasteiger partial charge in [0.1, 0.15) is 0 Å². The lowest BCUT2D eigenvalue weighted by molar-refractivity contribution is 0.589. The molecule has 3 aromatic rings. The fourth-order valence-electron chi connectivity index (χ4n) is 2.42. The lowest BCUT2D eigenvalue weighted by Gasteiger charge is -2.09. The van der Waals surface area contributed by atoms with Crippen LogP contribution in [0.1, 0.15) is 24.3 Å². The van der Waals surface area contributed by atoms with E-state index in [0.717, 1.165) is 17.4 Å². The highest BCUT2D eigenvalue weighted by molar-refractivity contribution is 7.16. The molecule has 4 heteroatoms. The molecule has 0 atom stereocenters. The van der Waals surface area contributed by atoms with Crippen molar-refractivity contribution in [3.8, 4) is 0 Å². The molecule has 0 amide bonds. The molecule has 0 fully saturated rings. The Morgan fingerprint density at radius 1 is 1.19 bits per heavy atom. The molecule has 2 nitrogen and oxygen atoms in total. The first-order valence-corrected chi connectivity index (χ1v) is 8.36. The molecule has 1 N–H and O–H groups in total. The summed E-state index contributed by atoms with van der Waals surface area (Å²) in [5.41, 5.74) is 2.60. The third-order valence-electron chi connectivity index (χ3n) is 3.50. The first-order chi connectivity index (χ1) is 10.1. The van der Waals surface area contributed by atoms with Crippen molar-refractivity contribution >= 4 is 33.8 Å². The van der Waals surface area contributed by atoms with Crippen molar-refractivity contribution in [3.05, 3.63) is 57.4 Å². The maximum absolute atomic E-state index is 6.00. The molecule has 0 radical (unpaired) electrons. The van der Waals surface area contributed by atoms with Crippen molar-refractivity contribution in [2.24, 2.45) is 0 Å². The Kier molecular flexibility index (Phi) is 4.34. The van der Waals surface area contributed by atoms with Crippen molar-refractivity contribution in [1.29, 1.82) is 0 Å². The van der Waals surface area contributed by atoms with Crippen molar-refractivity contribution < 1.29 is 0 Å². The van der Waals surface area contributed by atoms with Crippen LogP contribution in [0.3, 0.4) is 0 Å². The number of nitrogens with zero attached hydrogens (tertiary/aromatic N) is 1. The molecule has 21 heavy (non-hydrogen) atoms. The van der Waals surface area contributed by atoms with Crippen LogP contribution in [0.15, 0.2) is 42.6 Å². The van der Waals surface area contributed by atoms with Crippen molar-refractivity contribution in [2.45, 2.75) is 33.0 Å². The fourth-order valence-corrected chi connectivity index (χ4v) is 3.51. The number of halogens is 1. The number of hydrogen-bond donors (Lipinski definition) is 1. The van der Waals surface area contributed by atoms with Crippen LogP contribution < -0.4 is 5.32 Å². The summed E-state index contributed by atoms with van der Waals surface area (Å²) in [5.74, 6) is 0. The van der Waals surface area contributed by atoms with E-state index in [-0.39, 0.29) is 0 Å². The van der Waals surface area contributed by atoms with E-state index < -0.39 is 0 Å². The molecule has 0 spiro atoms. The van der Waals surface area contributed by atoms with Crippen LogP contribution >= 0.6 is 22.9 Å². The Morgan fingerprint density at radius 3 is 2.76 bits per heavy atom. The Morgan fingerprint density at radius 2 is 2.05 bits per heavy atom. The Bertz CT molecular complexity index is 742. The summed E-state index contributed by atoms with van der Waals surface area (Å²) in [4.78, 5) is 1.28. The smallest absolute Gasteiger partial charge is 0.0931 e. The number of thiophene rings is 1. The van der Waals surface area contributed by atoms with E-state index in [1.54, 1.807) is 11.3 Å². The maximum Gasteiger partial charge on any atom is 0.0931 e. The molecule has 0 saturated carbocycles. The van der Waals surface area contributed by atoms with Gasteiger partial charge in [-0.25, -0.2) is 0 Å². The van der Waals surface area contributed by atoms with E-state index in [2.05, 4.69) is 60.3 Å². The molecule has 1 aromatic carbocycles. The van der Waals surface area contributed by atoms with Gasteiger partial charge in [-0.1, -0.05) is 31.5 Å². The van der Waals surface area contributed by atoms with Gasteiger partial charge in [-0.2, -0.15) is 0 Å². The highest BCUT2D eigenvalue weighted by Gasteiger charge is 2.05. The van der Waals surface area contributed by atoms with Crippen molar-refractivity contribution in [3.63, 3.8) is 0 Å². The summed E-state index contributed by atoms with van der Waals surface area (Å²) >= 11 is 7.65. The normalized spacial score (nSPS) is 11.6. The minimum absolute atomic E-state index is 0.508. The molecular weight excluding hydrogens is 300 g/mol. The summed E-state index contributed by atoms with van der Waals surface area (Å²) in [5, 5.41) is 4.75. The molecule has 0 aliphatic carbocycles. The van der Waals surface area contributed by atoms with Crippen LogP contribution in [0, 0.1) is 0 Å². The summed E-state index contributed by atoms with van der Waals surface area (Å²) in [6.07, 6.45) is 2.15. The third-order valence-corrected chi connectivity index (χ3v) is 4.72. The van der Waals surface area contributed by atoms with Crippen LogP contribution in [-0.2, 0) is 13.1 Å². The number of rotatable bonds is 5. The third kappa shape index (κ3) is 3.49. The molecule has 0 aliphatic heterocycles. The van der Waals surface area contributed by atoms with Crippen molar-refractivity contribution in [2.75, 3.05) is 0 Å². The standard InChI is InChI=1S/C17H19ClN2S/c1-12(2)19-10-13-3-5-16-14(9-13)7-8-20(16)11-15-4-6-17(18)21-15/h3-9,12,19H,10-11H2,1-2H3. The molecule has 2 heterocycles. The largest absolute Gasteiger partial charge is 0.342 e. The Labute approximate surface area is 134 Å². The maximum atomic E-state index is 6.00. The SMILES string of the molecule is CC(C)NCc1ccc2c(ccn2Cc2ccc(Cl)s2)c1. The summed E-state index contributed by atoms with van der Waals surface area (Å²) < 4.78 is 3.13. The average Bonchev–Trinajstić information content (AvgIpc) is 3.04. The van der Waals surface area contributed by atoms with Gasteiger partial charge in [0.2, 0.25) is 0 Å². The summed E-state index contributed by atoms with van der Waals surface area (Å²) in [6.45, 7) is 6.13. The lowest BCUT2D eigenvalue weighted by Crippen LogP contribution is -2.21. The second-order valence-electron chi connectivity index (χ2n) is 5.58. The summed E-state index contributed by atoms with van der Waals surface area (Å²) in [6, 6.07) is 13.4. The molecular formula is C17H19ClN2S. The minimum atomic E-state index is 0.508. The van der Waals surface area contributed by atoms with Gasteiger partial charge in [-0.05, 0) is 41.3 Å². The van der Waals surface area contributed by atoms with Gasteiger partial charge in [-0.3, -0.25) is 0 Å². The Hall–Kier alpha value is -1.29. The average molecular weight is 319 g/mol. The minimum Gasteiger partial charge on any atom is -0.342 e. The lowest BCUT2D eigenvalue weighted by atomic mass is 10.1. The van der Waals surface area contributed by atoms with Crippen LogP contribution in [0.25, 0.3) is 10.9 Å². The van der Waals surface area contributed by atoms with Crippen LogP contribution in [-0.4, -0.2) is 10.6 Å². The monoisotopic (exact) mass is 318 g/mol. The van der Waals surface area contributed by atoms with Gasteiger partial charge in [0.05, 0.1) is 10.9 Å². The van der Waals surface area contributed by atoms with E-state index in [1.807, 2.05) is 6.07 Å². The Balaban J connectivity index is 1.82. The fraction of sp³-hybridized carbons (Fsp3) is 0.294. The highest BCUT2D eigenvalue weighted by Crippen LogP contribution is 2.24. The second kappa shape index (κ2) is 6.22. The molecule has 3 rings (SSSR count). The van der Waals surface area contributed by atoms with Gasteiger partial charge < -0.3 is 9.88 Å². The first kappa shape index (κ1) is 14.6. The van der Waals surface area contributed by atoms with E-state index in [1.165, 1.54) is 21.3 Å². The van der Waals surface area contributed by atoms with Gasteiger partial charge in [0.25, 0.3) is 0 Å². The van der Waals surface area contributed by atoms with Crippen LogP contribution in [0.4, 0.5) is 0 Å². The molecule has 0 unspecified atom stereocenters. The predicted octanol–water partition coefficient (Wildman–Crippen LogP) is 4.90. The van der Waals surface area contributed by atoms with Crippen LogP contribution in [0.2, 0.25) is 4.34 Å². The highest BCUT2D eigenvalue weighted by atomic mass is 35.5. The summed E-state index contributed by atoms with van der Waals surface area (Å²) in [7, 11) is 0. The molecule has 0 bridgehead atoms. The van der Waals surface area contributed by atoms with Crippen molar-refractivity contribution in [1.82, 2.24) is 9.88 Å². The first-order valence-electron chi connectivity index (χ1n) is 7.17. The van der Waals surface area contributed by atoms with Gasteiger partial charge in [0, 0.05) is 29.2 Å². The molecule has 0 aliphatic rings. The van der Waals surface area contributed by atoms with E-state index in [0.29, 0.717) is 6.04 Å².